The number of rotatable bonds is 6. The van der Waals surface area contributed by atoms with Crippen LogP contribution in [0, 0.1) is 11.3 Å². The highest BCUT2D eigenvalue weighted by molar-refractivity contribution is 7.91. The zero-order chi connectivity index (χ0) is 22.7. The minimum atomic E-state index is -3.52. The molecular weight excluding hydrogens is 454 g/mol. The molecule has 170 valence electrons. The van der Waals surface area contributed by atoms with Gasteiger partial charge in [-0.15, -0.1) is 0 Å². The summed E-state index contributed by atoms with van der Waals surface area (Å²) in [6, 6.07) is 8.76. The Labute approximate surface area is 190 Å². The molecule has 2 aromatic heterocycles. The Morgan fingerprint density at radius 2 is 2.00 bits per heavy atom. The van der Waals surface area contributed by atoms with Crippen LogP contribution >= 0.6 is 11.6 Å². The number of furan rings is 1. The molecule has 0 atom stereocenters. The van der Waals surface area contributed by atoms with E-state index >= 15 is 0 Å². The highest BCUT2D eigenvalue weighted by Crippen LogP contribution is 2.49. The van der Waals surface area contributed by atoms with Crippen molar-refractivity contribution >= 4 is 44.5 Å². The molecule has 10 heteroatoms. The van der Waals surface area contributed by atoms with Gasteiger partial charge in [-0.1, -0.05) is 25.4 Å². The summed E-state index contributed by atoms with van der Waals surface area (Å²) in [6.45, 7) is 5.28. The molecule has 0 unspecified atom stereocenters. The second-order valence-electron chi connectivity index (χ2n) is 9.34. The van der Waals surface area contributed by atoms with Gasteiger partial charge < -0.3 is 19.1 Å². The van der Waals surface area contributed by atoms with Crippen LogP contribution < -0.4 is 10.2 Å². The summed E-state index contributed by atoms with van der Waals surface area (Å²) in [5.74, 6) is -0.407. The fourth-order valence-corrected chi connectivity index (χ4v) is 6.36. The fraction of sp³-hybridized carbons (Fsp3) is 0.455. The number of halogens is 1. The molecule has 2 fully saturated rings. The topological polar surface area (TPSA) is 106 Å². The van der Waals surface area contributed by atoms with Crippen molar-refractivity contribution < 1.29 is 22.0 Å². The van der Waals surface area contributed by atoms with Crippen LogP contribution in [0.25, 0.3) is 11.1 Å². The van der Waals surface area contributed by atoms with Gasteiger partial charge in [0.05, 0.1) is 5.75 Å². The van der Waals surface area contributed by atoms with E-state index in [0.717, 1.165) is 31.4 Å². The molecule has 1 spiro atoms. The summed E-state index contributed by atoms with van der Waals surface area (Å²) >= 11 is 6.01. The van der Waals surface area contributed by atoms with Crippen LogP contribution in [-0.2, 0) is 9.84 Å². The van der Waals surface area contributed by atoms with Crippen LogP contribution in [0.5, 0.6) is 0 Å². The summed E-state index contributed by atoms with van der Waals surface area (Å²) in [5, 5.41) is 3.41. The quantitative estimate of drug-likeness (QED) is 0.573. The predicted octanol–water partition coefficient (Wildman–Crippen LogP) is 3.90. The van der Waals surface area contributed by atoms with Crippen molar-refractivity contribution in [2.24, 2.45) is 11.3 Å². The van der Waals surface area contributed by atoms with Gasteiger partial charge in [0.25, 0.3) is 11.9 Å². The molecule has 3 heterocycles. The fourth-order valence-electron chi connectivity index (χ4n) is 4.66. The van der Waals surface area contributed by atoms with E-state index < -0.39 is 9.84 Å². The molecule has 2 aliphatic rings. The summed E-state index contributed by atoms with van der Waals surface area (Å²) in [7, 11) is -3.52. The lowest BCUT2D eigenvalue weighted by Gasteiger charge is -2.58. The Kier molecular flexibility index (Phi) is 5.01. The van der Waals surface area contributed by atoms with Crippen molar-refractivity contribution in [3.63, 3.8) is 0 Å². The highest BCUT2D eigenvalue weighted by Gasteiger charge is 2.54. The minimum Gasteiger partial charge on any atom is -0.440 e. The van der Waals surface area contributed by atoms with Crippen molar-refractivity contribution in [3.05, 3.63) is 41.1 Å². The largest absolute Gasteiger partial charge is 0.440 e. The molecule has 1 amide bonds. The molecule has 1 saturated heterocycles. The lowest BCUT2D eigenvalue weighted by molar-refractivity contribution is 0.0403. The molecule has 1 aliphatic heterocycles. The normalized spacial score (nSPS) is 18.2. The van der Waals surface area contributed by atoms with E-state index in [9.17, 15) is 13.2 Å². The van der Waals surface area contributed by atoms with Crippen LogP contribution in [0.3, 0.4) is 0 Å². The molecule has 0 bridgehead atoms. The molecule has 8 nitrogen and oxygen atoms in total. The number of hydrogen-bond acceptors (Lipinski definition) is 7. The first kappa shape index (κ1) is 21.3. The van der Waals surface area contributed by atoms with Crippen molar-refractivity contribution in [1.82, 2.24) is 10.3 Å². The number of carbonyl (C=O) groups excluding carboxylic acids is 1. The van der Waals surface area contributed by atoms with E-state index in [4.69, 9.17) is 20.4 Å². The molecule has 1 N–H and O–H groups in total. The third-order valence-corrected chi connectivity index (χ3v) is 8.19. The number of carbonyl (C=O) groups is 1. The number of fused-ring (bicyclic) bond motifs is 1. The van der Waals surface area contributed by atoms with Crippen LogP contribution in [-0.4, -0.2) is 44.2 Å². The van der Waals surface area contributed by atoms with E-state index in [-0.39, 0.29) is 39.9 Å². The van der Waals surface area contributed by atoms with Crippen molar-refractivity contribution in [3.8, 4) is 0 Å². The lowest BCUT2D eigenvalue weighted by Crippen LogP contribution is -2.66. The zero-order valence-electron chi connectivity index (χ0n) is 17.8. The van der Waals surface area contributed by atoms with Gasteiger partial charge in [-0.3, -0.25) is 4.79 Å². The maximum Gasteiger partial charge on any atom is 0.298 e. The maximum absolute atomic E-state index is 12.5. The number of aromatic nitrogens is 1. The number of nitrogens with zero attached hydrogens (tertiary/aromatic N) is 2. The number of nitrogens with one attached hydrogen (secondary N) is 1. The standard InChI is InChI=1S/C22H24ClN3O5S/c1-13(2)10-32(28,29)19-6-5-18(30-19)20(27)24-15-8-22(9-15)11-26(12-22)21-25-16-7-14(23)3-4-17(16)31-21/h3-7,13,15H,8-12H2,1-2H3,(H,24,27). The van der Waals surface area contributed by atoms with E-state index in [1.54, 1.807) is 12.1 Å². The summed E-state index contributed by atoms with van der Waals surface area (Å²) in [4.78, 5) is 19.1. The van der Waals surface area contributed by atoms with Crippen LogP contribution in [0.1, 0.15) is 37.2 Å². The summed E-state index contributed by atoms with van der Waals surface area (Å²) < 4.78 is 35.7. The lowest BCUT2D eigenvalue weighted by atomic mass is 9.61. The Bertz CT molecular complexity index is 1280. The van der Waals surface area contributed by atoms with Crippen LogP contribution in [0.2, 0.25) is 5.02 Å². The van der Waals surface area contributed by atoms with Crippen molar-refractivity contribution in [2.75, 3.05) is 23.7 Å². The molecule has 1 aliphatic carbocycles. The Morgan fingerprint density at radius 3 is 2.72 bits per heavy atom. The van der Waals surface area contributed by atoms with Gasteiger partial charge in [0, 0.05) is 29.6 Å². The van der Waals surface area contributed by atoms with Gasteiger partial charge in [0.15, 0.2) is 11.3 Å². The van der Waals surface area contributed by atoms with E-state index in [1.165, 1.54) is 12.1 Å². The molecule has 1 aromatic carbocycles. The molecular formula is C22H24ClN3O5S. The summed E-state index contributed by atoms with van der Waals surface area (Å²) in [6.07, 6.45) is 1.70. The van der Waals surface area contributed by atoms with E-state index in [2.05, 4.69) is 15.2 Å². The number of oxazole rings is 1. The number of benzene rings is 1. The Hall–Kier alpha value is -2.52. The second-order valence-corrected chi connectivity index (χ2v) is 11.7. The zero-order valence-corrected chi connectivity index (χ0v) is 19.4. The van der Waals surface area contributed by atoms with Gasteiger partial charge in [-0.25, -0.2) is 8.42 Å². The average molecular weight is 478 g/mol. The minimum absolute atomic E-state index is 0.0175. The predicted molar refractivity (Wildman–Crippen MR) is 120 cm³/mol. The summed E-state index contributed by atoms with van der Waals surface area (Å²) in [5.41, 5.74) is 1.59. The average Bonchev–Trinajstić information content (AvgIpc) is 3.28. The monoisotopic (exact) mass is 477 g/mol. The van der Waals surface area contributed by atoms with E-state index in [0.29, 0.717) is 16.6 Å². The number of sulfone groups is 1. The van der Waals surface area contributed by atoms with Crippen LogP contribution in [0.4, 0.5) is 6.01 Å². The Morgan fingerprint density at radius 1 is 1.25 bits per heavy atom. The first-order chi connectivity index (χ1) is 15.1. The van der Waals surface area contributed by atoms with Gasteiger partial charge in [0.1, 0.15) is 5.52 Å². The van der Waals surface area contributed by atoms with Gasteiger partial charge >= 0.3 is 0 Å². The van der Waals surface area contributed by atoms with Gasteiger partial charge in [0.2, 0.25) is 14.9 Å². The van der Waals surface area contributed by atoms with Crippen LogP contribution in [0.15, 0.2) is 44.3 Å². The third-order valence-electron chi connectivity index (χ3n) is 6.02. The first-order valence-corrected chi connectivity index (χ1v) is 12.6. The van der Waals surface area contributed by atoms with Gasteiger partial charge in [-0.05, 0) is 49.1 Å². The molecule has 5 rings (SSSR count). The first-order valence-electron chi connectivity index (χ1n) is 10.6. The van der Waals surface area contributed by atoms with Gasteiger partial charge in [-0.2, -0.15) is 4.98 Å². The Balaban J connectivity index is 1.14. The smallest absolute Gasteiger partial charge is 0.298 e. The SMILES string of the molecule is CC(C)CS(=O)(=O)c1ccc(C(=O)NC2CC3(C2)CN(c2nc4cc(Cl)ccc4o2)C3)o1. The molecule has 3 aromatic rings. The molecule has 1 saturated carbocycles. The third kappa shape index (κ3) is 3.88. The second kappa shape index (κ2) is 7.52. The molecule has 0 radical (unpaired) electrons. The van der Waals surface area contributed by atoms with Crippen molar-refractivity contribution in [2.45, 2.75) is 37.8 Å². The number of amides is 1. The highest BCUT2D eigenvalue weighted by atomic mass is 35.5. The molecule has 32 heavy (non-hydrogen) atoms. The number of anilines is 1. The maximum atomic E-state index is 12.5. The van der Waals surface area contributed by atoms with E-state index in [1.807, 2.05) is 19.9 Å². The number of hydrogen-bond donors (Lipinski definition) is 1. The van der Waals surface area contributed by atoms with Crippen molar-refractivity contribution in [1.29, 1.82) is 0 Å².